The highest BCUT2D eigenvalue weighted by Gasteiger charge is 2.17. The predicted octanol–water partition coefficient (Wildman–Crippen LogP) is 3.26. The minimum atomic E-state index is -0.700. The Hall–Kier alpha value is -2.33. The lowest BCUT2D eigenvalue weighted by Gasteiger charge is -2.36. The van der Waals surface area contributed by atoms with E-state index in [2.05, 4.69) is 58.3 Å². The average molecular weight is 338 g/mol. The Morgan fingerprint density at radius 1 is 0.880 bits per heavy atom. The van der Waals surface area contributed by atoms with Gasteiger partial charge in [0.05, 0.1) is 0 Å². The van der Waals surface area contributed by atoms with Crippen LogP contribution in [0.5, 0.6) is 0 Å². The van der Waals surface area contributed by atoms with Crippen molar-refractivity contribution in [3.05, 3.63) is 65.7 Å². The highest BCUT2D eigenvalue weighted by Crippen LogP contribution is 2.19. The molecule has 1 aliphatic rings. The summed E-state index contributed by atoms with van der Waals surface area (Å²) in [4.78, 5) is 15.4. The molecule has 132 valence electrons. The number of carboxylic acid groups (broad SMARTS) is 1. The monoisotopic (exact) mass is 338 g/mol. The van der Waals surface area contributed by atoms with Gasteiger partial charge in [-0.25, -0.2) is 0 Å². The summed E-state index contributed by atoms with van der Waals surface area (Å²) in [5, 5.41) is 8.72. The van der Waals surface area contributed by atoms with E-state index in [0.29, 0.717) is 0 Å². The number of nitrogens with zero attached hydrogens (tertiary/aromatic N) is 2. The second-order valence-electron chi connectivity index (χ2n) is 6.65. The van der Waals surface area contributed by atoms with Gasteiger partial charge in [0.15, 0.2) is 0 Å². The molecule has 1 saturated heterocycles. The van der Waals surface area contributed by atoms with E-state index < -0.39 is 5.97 Å². The van der Waals surface area contributed by atoms with Crippen molar-refractivity contribution in [2.24, 2.45) is 0 Å². The molecule has 1 fully saturated rings. The van der Waals surface area contributed by atoms with Crippen molar-refractivity contribution in [1.82, 2.24) is 4.90 Å². The molecule has 1 heterocycles. The van der Waals surface area contributed by atoms with Crippen LogP contribution >= 0.6 is 0 Å². The molecule has 25 heavy (non-hydrogen) atoms. The summed E-state index contributed by atoms with van der Waals surface area (Å²) >= 11 is 0. The van der Waals surface area contributed by atoms with E-state index in [1.165, 1.54) is 16.8 Å². The van der Waals surface area contributed by atoms with Gasteiger partial charge in [-0.05, 0) is 42.6 Å². The average Bonchev–Trinajstić information content (AvgIpc) is 2.64. The largest absolute Gasteiger partial charge is 0.481 e. The molecule has 0 saturated carbocycles. The van der Waals surface area contributed by atoms with Crippen molar-refractivity contribution in [2.45, 2.75) is 19.3 Å². The van der Waals surface area contributed by atoms with Gasteiger partial charge in [-0.3, -0.25) is 9.69 Å². The fourth-order valence-corrected chi connectivity index (χ4v) is 3.34. The first-order valence-corrected chi connectivity index (χ1v) is 9.03. The number of rotatable bonds is 7. The zero-order chi connectivity index (χ0) is 17.5. The Morgan fingerprint density at radius 3 is 2.16 bits per heavy atom. The molecule has 0 bridgehead atoms. The molecule has 0 radical (unpaired) electrons. The third kappa shape index (κ3) is 5.33. The summed E-state index contributed by atoms with van der Waals surface area (Å²) in [7, 11) is 0. The second kappa shape index (κ2) is 8.67. The molecule has 4 heteroatoms. The maximum absolute atomic E-state index is 10.6. The third-order valence-corrected chi connectivity index (χ3v) is 4.79. The summed E-state index contributed by atoms with van der Waals surface area (Å²) in [5.41, 5.74) is 3.95. The van der Waals surface area contributed by atoms with Crippen LogP contribution < -0.4 is 4.90 Å². The summed E-state index contributed by atoms with van der Waals surface area (Å²) in [5.74, 6) is -0.700. The maximum Gasteiger partial charge on any atom is 0.303 e. The van der Waals surface area contributed by atoms with E-state index in [0.717, 1.165) is 45.6 Å². The van der Waals surface area contributed by atoms with Gasteiger partial charge in [0, 0.05) is 38.3 Å². The fraction of sp³-hybridized carbons (Fsp3) is 0.381. The molecule has 0 spiro atoms. The van der Waals surface area contributed by atoms with Gasteiger partial charge in [0.1, 0.15) is 0 Å². The quantitative estimate of drug-likeness (QED) is 0.841. The first kappa shape index (κ1) is 17.5. The van der Waals surface area contributed by atoms with Crippen LogP contribution in [0.15, 0.2) is 54.6 Å². The molecule has 1 aliphatic heterocycles. The van der Waals surface area contributed by atoms with E-state index in [1.54, 1.807) is 0 Å². The van der Waals surface area contributed by atoms with Crippen molar-refractivity contribution >= 4 is 11.7 Å². The minimum Gasteiger partial charge on any atom is -0.481 e. The predicted molar refractivity (Wildman–Crippen MR) is 101 cm³/mol. The molecule has 2 aromatic carbocycles. The Kier molecular flexibility index (Phi) is 6.07. The van der Waals surface area contributed by atoms with Gasteiger partial charge >= 0.3 is 5.97 Å². The normalized spacial score (nSPS) is 15.3. The Labute approximate surface area is 149 Å². The number of anilines is 1. The standard InChI is InChI=1S/C21H26N2O2/c24-21(25)7-4-12-22-13-15-23(16-14-22)20-10-8-19(9-11-20)17-18-5-2-1-3-6-18/h1-3,5-6,8-11H,4,7,12-17H2,(H,24,25). The topological polar surface area (TPSA) is 43.8 Å². The van der Waals surface area contributed by atoms with Crippen molar-refractivity contribution in [1.29, 1.82) is 0 Å². The molecule has 0 aromatic heterocycles. The molecule has 1 N–H and O–H groups in total. The highest BCUT2D eigenvalue weighted by molar-refractivity contribution is 5.66. The summed E-state index contributed by atoms with van der Waals surface area (Å²) in [6.45, 7) is 4.91. The number of carbonyl (C=O) groups is 1. The number of hydrogen-bond donors (Lipinski definition) is 1. The number of aliphatic carboxylic acids is 1. The van der Waals surface area contributed by atoms with Crippen molar-refractivity contribution in [3.8, 4) is 0 Å². The summed E-state index contributed by atoms with van der Waals surface area (Å²) in [6.07, 6.45) is 1.98. The van der Waals surface area contributed by atoms with Crippen LogP contribution in [0.2, 0.25) is 0 Å². The molecule has 3 rings (SSSR count). The van der Waals surface area contributed by atoms with E-state index >= 15 is 0 Å². The van der Waals surface area contributed by atoms with E-state index in [-0.39, 0.29) is 6.42 Å². The van der Waals surface area contributed by atoms with Gasteiger partial charge < -0.3 is 10.0 Å². The number of hydrogen-bond acceptors (Lipinski definition) is 3. The summed E-state index contributed by atoms with van der Waals surface area (Å²) < 4.78 is 0. The van der Waals surface area contributed by atoms with Crippen LogP contribution in [0.25, 0.3) is 0 Å². The van der Waals surface area contributed by atoms with Gasteiger partial charge in [0.25, 0.3) is 0 Å². The number of carboxylic acids is 1. The molecule has 2 aromatic rings. The smallest absolute Gasteiger partial charge is 0.303 e. The van der Waals surface area contributed by atoms with E-state index in [9.17, 15) is 4.79 Å². The lowest BCUT2D eigenvalue weighted by molar-refractivity contribution is -0.137. The van der Waals surface area contributed by atoms with Gasteiger partial charge in [-0.1, -0.05) is 42.5 Å². The molecular weight excluding hydrogens is 312 g/mol. The molecule has 0 unspecified atom stereocenters. The lowest BCUT2D eigenvalue weighted by atomic mass is 10.0. The first-order valence-electron chi connectivity index (χ1n) is 9.03. The third-order valence-electron chi connectivity index (χ3n) is 4.79. The fourth-order valence-electron chi connectivity index (χ4n) is 3.34. The molecule has 0 aliphatic carbocycles. The van der Waals surface area contributed by atoms with E-state index in [1.807, 2.05) is 6.07 Å². The molecule has 4 nitrogen and oxygen atoms in total. The van der Waals surface area contributed by atoms with Crippen LogP contribution in [0, 0.1) is 0 Å². The van der Waals surface area contributed by atoms with Crippen LogP contribution in [0.1, 0.15) is 24.0 Å². The van der Waals surface area contributed by atoms with Crippen LogP contribution in [0.3, 0.4) is 0 Å². The van der Waals surface area contributed by atoms with Crippen LogP contribution in [-0.4, -0.2) is 48.7 Å². The Morgan fingerprint density at radius 2 is 1.52 bits per heavy atom. The zero-order valence-corrected chi connectivity index (χ0v) is 14.6. The van der Waals surface area contributed by atoms with Gasteiger partial charge in [0.2, 0.25) is 0 Å². The van der Waals surface area contributed by atoms with Crippen molar-refractivity contribution in [2.75, 3.05) is 37.6 Å². The SMILES string of the molecule is O=C(O)CCCN1CCN(c2ccc(Cc3ccccc3)cc2)CC1. The minimum absolute atomic E-state index is 0.267. The summed E-state index contributed by atoms with van der Waals surface area (Å²) in [6, 6.07) is 19.4. The van der Waals surface area contributed by atoms with E-state index in [4.69, 9.17) is 5.11 Å². The highest BCUT2D eigenvalue weighted by atomic mass is 16.4. The molecule has 0 amide bonds. The van der Waals surface area contributed by atoms with Gasteiger partial charge in [-0.2, -0.15) is 0 Å². The Bertz CT molecular complexity index is 662. The van der Waals surface area contributed by atoms with Crippen molar-refractivity contribution < 1.29 is 9.90 Å². The number of piperazine rings is 1. The molecular formula is C21H26N2O2. The van der Waals surface area contributed by atoms with Crippen LogP contribution in [-0.2, 0) is 11.2 Å². The lowest BCUT2D eigenvalue weighted by Crippen LogP contribution is -2.46. The van der Waals surface area contributed by atoms with Crippen LogP contribution in [0.4, 0.5) is 5.69 Å². The molecule has 0 atom stereocenters. The first-order chi connectivity index (χ1) is 12.2. The van der Waals surface area contributed by atoms with Gasteiger partial charge in [-0.15, -0.1) is 0 Å². The second-order valence-corrected chi connectivity index (χ2v) is 6.65. The maximum atomic E-state index is 10.6. The zero-order valence-electron chi connectivity index (χ0n) is 14.6. The Balaban J connectivity index is 1.48. The number of benzene rings is 2. The van der Waals surface area contributed by atoms with Crippen molar-refractivity contribution in [3.63, 3.8) is 0 Å².